The fourth-order valence-electron chi connectivity index (χ4n) is 3.77. The minimum absolute atomic E-state index is 0.113. The molecule has 0 spiro atoms. The van der Waals surface area contributed by atoms with Gasteiger partial charge in [-0.15, -0.1) is 0 Å². The summed E-state index contributed by atoms with van der Waals surface area (Å²) in [6.07, 6.45) is 0. The summed E-state index contributed by atoms with van der Waals surface area (Å²) in [5.74, 6) is 1.04. The number of nitrogens with zero attached hydrogens (tertiary/aromatic N) is 2. The molecule has 1 saturated heterocycles. The van der Waals surface area contributed by atoms with Crippen LogP contribution >= 0.6 is 23.4 Å². The van der Waals surface area contributed by atoms with Crippen LogP contribution in [-0.2, 0) is 15.6 Å². The van der Waals surface area contributed by atoms with Crippen molar-refractivity contribution >= 4 is 44.1 Å². The van der Waals surface area contributed by atoms with E-state index in [0.29, 0.717) is 0 Å². The van der Waals surface area contributed by atoms with Crippen molar-refractivity contribution in [3.8, 4) is 0 Å². The van der Waals surface area contributed by atoms with Crippen LogP contribution < -0.4 is 4.90 Å². The first kappa shape index (κ1) is 18.8. The third-order valence-corrected chi connectivity index (χ3v) is 7.95. The first-order valence-electron chi connectivity index (χ1n) is 8.84. The average molecular weight is 421 g/mol. The smallest absolute Gasteiger partial charge is 0.164 e. The lowest BCUT2D eigenvalue weighted by Gasteiger charge is -2.28. The van der Waals surface area contributed by atoms with Gasteiger partial charge in [0, 0.05) is 16.5 Å². The van der Waals surface area contributed by atoms with E-state index >= 15 is 0 Å². The topological polar surface area (TPSA) is 49.7 Å². The summed E-state index contributed by atoms with van der Waals surface area (Å²) in [6, 6.07) is 13.8. The summed E-state index contributed by atoms with van der Waals surface area (Å²) in [7, 11) is -3.04. The van der Waals surface area contributed by atoms with Gasteiger partial charge >= 0.3 is 0 Å². The molecule has 1 fully saturated rings. The number of amidine groups is 1. The van der Waals surface area contributed by atoms with E-state index in [0.717, 1.165) is 32.8 Å². The highest BCUT2D eigenvalue weighted by molar-refractivity contribution is 8.13. The molecule has 2 aliphatic heterocycles. The number of benzene rings is 2. The van der Waals surface area contributed by atoms with Crippen LogP contribution in [-0.4, -0.2) is 37.2 Å². The highest BCUT2D eigenvalue weighted by Gasteiger charge is 2.47. The lowest BCUT2D eigenvalue weighted by Crippen LogP contribution is -2.39. The molecule has 0 radical (unpaired) electrons. The molecule has 0 unspecified atom stereocenters. The molecule has 0 N–H and O–H groups in total. The molecule has 0 saturated carbocycles. The second-order valence-electron chi connectivity index (χ2n) is 7.20. The van der Waals surface area contributed by atoms with Gasteiger partial charge in [-0.2, -0.15) is 0 Å². The van der Waals surface area contributed by atoms with Crippen LogP contribution in [0.1, 0.15) is 16.7 Å². The van der Waals surface area contributed by atoms with Crippen molar-refractivity contribution in [2.45, 2.75) is 31.7 Å². The van der Waals surface area contributed by atoms with Crippen LogP contribution in [0.4, 0.5) is 5.69 Å². The molecular weight excluding hydrogens is 400 g/mol. The number of hydrogen-bond acceptors (Lipinski definition) is 5. The first-order chi connectivity index (χ1) is 12.8. The van der Waals surface area contributed by atoms with Crippen molar-refractivity contribution in [1.29, 1.82) is 0 Å². The maximum Gasteiger partial charge on any atom is 0.164 e. The number of sulfone groups is 1. The van der Waals surface area contributed by atoms with Gasteiger partial charge in [0.05, 0.1) is 23.6 Å². The number of aliphatic imine (C=N–C) groups is 1. The summed E-state index contributed by atoms with van der Waals surface area (Å²) in [4.78, 5) is 6.94. The lowest BCUT2D eigenvalue weighted by molar-refractivity contribution is 0.601. The monoisotopic (exact) mass is 420 g/mol. The third-order valence-electron chi connectivity index (χ3n) is 4.98. The molecule has 4 rings (SSSR count). The zero-order chi connectivity index (χ0) is 19.2. The highest BCUT2D eigenvalue weighted by Crippen LogP contribution is 2.37. The Kier molecular flexibility index (Phi) is 4.99. The number of aryl methyl sites for hydroxylation is 2. The van der Waals surface area contributed by atoms with E-state index in [-0.39, 0.29) is 23.6 Å². The van der Waals surface area contributed by atoms with Crippen LogP contribution in [0.15, 0.2) is 47.5 Å². The van der Waals surface area contributed by atoms with Crippen molar-refractivity contribution in [3.63, 3.8) is 0 Å². The van der Waals surface area contributed by atoms with Crippen molar-refractivity contribution < 1.29 is 8.42 Å². The zero-order valence-electron chi connectivity index (χ0n) is 15.2. The summed E-state index contributed by atoms with van der Waals surface area (Å²) >= 11 is 7.73. The number of halogens is 1. The predicted molar refractivity (Wildman–Crippen MR) is 115 cm³/mol. The van der Waals surface area contributed by atoms with Gasteiger partial charge in [0.15, 0.2) is 15.0 Å². The number of rotatable bonds is 3. The van der Waals surface area contributed by atoms with E-state index in [2.05, 4.69) is 36.9 Å². The molecule has 27 heavy (non-hydrogen) atoms. The molecule has 142 valence electrons. The first-order valence-corrected chi connectivity index (χ1v) is 12.0. The Hall–Kier alpha value is -1.50. The summed E-state index contributed by atoms with van der Waals surface area (Å²) < 4.78 is 24.3. The maximum atomic E-state index is 12.2. The minimum atomic E-state index is -3.04. The summed E-state index contributed by atoms with van der Waals surface area (Å²) in [5.41, 5.74) is 4.50. The van der Waals surface area contributed by atoms with Gasteiger partial charge in [-0.25, -0.2) is 8.42 Å². The molecule has 2 aliphatic rings. The standard InChI is InChI=1S/C20H21ClN2O2S2/c1-13-6-7-18(14(2)8-13)23-19-12-27(24,25)11-17(19)22-20(23)26-10-15-4-3-5-16(21)9-15/h3-9,17,19H,10-12H2,1-2H3/t17-,19-/m1/s1. The fourth-order valence-corrected chi connectivity index (χ4v) is 6.88. The Bertz CT molecular complexity index is 1020. The molecule has 2 atom stereocenters. The summed E-state index contributed by atoms with van der Waals surface area (Å²) in [6.45, 7) is 4.13. The summed E-state index contributed by atoms with van der Waals surface area (Å²) in [5, 5.41) is 1.61. The van der Waals surface area contributed by atoms with E-state index < -0.39 is 9.84 Å². The van der Waals surface area contributed by atoms with Crippen molar-refractivity contribution in [3.05, 3.63) is 64.2 Å². The van der Waals surface area contributed by atoms with Crippen LogP contribution in [0, 0.1) is 13.8 Å². The minimum Gasteiger partial charge on any atom is -0.315 e. The molecule has 0 amide bonds. The predicted octanol–water partition coefficient (Wildman–Crippen LogP) is 4.23. The molecule has 0 aliphatic carbocycles. The quantitative estimate of drug-likeness (QED) is 0.745. The molecular formula is C20H21ClN2O2S2. The van der Waals surface area contributed by atoms with Crippen LogP contribution in [0.5, 0.6) is 0 Å². The Labute approximate surface area is 169 Å². The lowest BCUT2D eigenvalue weighted by atomic mass is 10.1. The van der Waals surface area contributed by atoms with E-state index in [4.69, 9.17) is 16.6 Å². The van der Waals surface area contributed by atoms with Crippen LogP contribution in [0.2, 0.25) is 5.02 Å². The van der Waals surface area contributed by atoms with Crippen LogP contribution in [0.25, 0.3) is 0 Å². The van der Waals surface area contributed by atoms with Gasteiger partial charge in [-0.3, -0.25) is 4.99 Å². The number of thioether (sulfide) groups is 1. The molecule has 0 bridgehead atoms. The molecule has 2 aromatic rings. The maximum absolute atomic E-state index is 12.2. The van der Waals surface area contributed by atoms with Crippen molar-refractivity contribution in [2.75, 3.05) is 16.4 Å². The molecule has 4 nitrogen and oxygen atoms in total. The van der Waals surface area contributed by atoms with Gasteiger partial charge in [0.2, 0.25) is 0 Å². The molecule has 2 heterocycles. The van der Waals surface area contributed by atoms with Crippen LogP contribution in [0.3, 0.4) is 0 Å². The van der Waals surface area contributed by atoms with E-state index in [1.165, 1.54) is 5.56 Å². The normalized spacial score (nSPS) is 23.4. The number of hydrogen-bond donors (Lipinski definition) is 0. The molecule has 0 aromatic heterocycles. The van der Waals surface area contributed by atoms with E-state index in [9.17, 15) is 8.42 Å². The van der Waals surface area contributed by atoms with Crippen molar-refractivity contribution in [1.82, 2.24) is 0 Å². The second kappa shape index (κ2) is 7.15. The Morgan fingerprint density at radius 1 is 1.19 bits per heavy atom. The average Bonchev–Trinajstić information content (AvgIpc) is 3.05. The van der Waals surface area contributed by atoms with Gasteiger partial charge < -0.3 is 4.90 Å². The molecule has 7 heteroatoms. The van der Waals surface area contributed by atoms with Crippen molar-refractivity contribution in [2.24, 2.45) is 4.99 Å². The Balaban J connectivity index is 1.65. The van der Waals surface area contributed by atoms with Gasteiger partial charge in [0.25, 0.3) is 0 Å². The second-order valence-corrected chi connectivity index (χ2v) is 10.7. The van der Waals surface area contributed by atoms with Gasteiger partial charge in [-0.1, -0.05) is 53.2 Å². The Morgan fingerprint density at radius 2 is 2.00 bits per heavy atom. The molecule has 2 aromatic carbocycles. The van der Waals surface area contributed by atoms with E-state index in [1.807, 2.05) is 24.3 Å². The SMILES string of the molecule is Cc1ccc(N2C(SCc3cccc(Cl)c3)=N[C@@H]3CS(=O)(=O)C[C@H]32)c(C)c1. The van der Waals surface area contributed by atoms with Gasteiger partial charge in [-0.05, 0) is 43.2 Å². The highest BCUT2D eigenvalue weighted by atomic mass is 35.5. The third kappa shape index (κ3) is 3.89. The number of anilines is 1. The fraction of sp³-hybridized carbons (Fsp3) is 0.350. The Morgan fingerprint density at radius 3 is 2.74 bits per heavy atom. The zero-order valence-corrected chi connectivity index (χ0v) is 17.6. The largest absolute Gasteiger partial charge is 0.315 e. The number of fused-ring (bicyclic) bond motifs is 1. The van der Waals surface area contributed by atoms with Gasteiger partial charge in [0.1, 0.15) is 0 Å². The van der Waals surface area contributed by atoms with E-state index in [1.54, 1.807) is 11.8 Å².